The summed E-state index contributed by atoms with van der Waals surface area (Å²) >= 11 is 0. The average molecular weight is 639 g/mol. The molecule has 7 heteroatoms. The second kappa shape index (κ2) is 14.4. The Kier molecular flexibility index (Phi) is 10.1. The molecule has 0 aliphatic carbocycles. The molecule has 2 fully saturated rings. The zero-order chi connectivity index (χ0) is 32.9. The van der Waals surface area contributed by atoms with E-state index in [0.717, 1.165) is 31.1 Å². The largest absolute Gasteiger partial charge is 0.493 e. The SMILES string of the molecule is CC(C)(c1ccc(OCCC2CO2)cc1)c1ccc(OCC(O)COc2ccc(C(C)(C)c3ccc(OCC4CO4)cc3)cc2)cc1. The molecule has 0 bridgehead atoms. The van der Waals surface area contributed by atoms with E-state index in [-0.39, 0.29) is 30.1 Å². The van der Waals surface area contributed by atoms with Crippen LogP contribution in [0.3, 0.4) is 0 Å². The number of benzene rings is 4. The van der Waals surface area contributed by atoms with Gasteiger partial charge < -0.3 is 33.5 Å². The molecule has 6 rings (SSSR count). The lowest BCUT2D eigenvalue weighted by atomic mass is 9.78. The minimum atomic E-state index is -0.771. The summed E-state index contributed by atoms with van der Waals surface area (Å²) in [5.74, 6) is 3.14. The molecule has 0 aromatic heterocycles. The number of hydrogen-bond donors (Lipinski definition) is 1. The normalized spacial score (nSPS) is 17.9. The molecule has 0 amide bonds. The second-order valence-corrected chi connectivity index (χ2v) is 13.5. The van der Waals surface area contributed by atoms with Crippen molar-refractivity contribution in [2.75, 3.05) is 39.6 Å². The molecule has 2 aliphatic rings. The van der Waals surface area contributed by atoms with E-state index in [4.69, 9.17) is 28.4 Å². The van der Waals surface area contributed by atoms with E-state index < -0.39 is 6.10 Å². The highest BCUT2D eigenvalue weighted by Gasteiger charge is 2.26. The van der Waals surface area contributed by atoms with Gasteiger partial charge in [0, 0.05) is 17.3 Å². The number of epoxide rings is 2. The van der Waals surface area contributed by atoms with Gasteiger partial charge in [-0.2, -0.15) is 0 Å². The Bertz CT molecular complexity index is 1550. The van der Waals surface area contributed by atoms with Gasteiger partial charge in [0.25, 0.3) is 0 Å². The predicted molar refractivity (Wildman–Crippen MR) is 182 cm³/mol. The van der Waals surface area contributed by atoms with Crippen LogP contribution in [0.4, 0.5) is 0 Å². The molecule has 47 heavy (non-hydrogen) atoms. The highest BCUT2D eigenvalue weighted by Crippen LogP contribution is 2.35. The third kappa shape index (κ3) is 8.86. The van der Waals surface area contributed by atoms with Crippen molar-refractivity contribution in [2.45, 2.75) is 63.3 Å². The standard InChI is InChI=1S/C40H46O7/c1-39(2,28-5-13-33(14-6-28)42-22-21-37-25-46-37)29-7-15-34(16-8-29)43-23-32(41)24-44-35-17-9-30(10-18-35)40(3,4)31-11-19-36(20-12-31)45-26-38-27-47-38/h5-20,32,37-38,41H,21-27H2,1-4H3. The number of aliphatic hydroxyl groups excluding tert-OH is 1. The van der Waals surface area contributed by atoms with Gasteiger partial charge in [0.2, 0.25) is 0 Å². The fourth-order valence-electron chi connectivity index (χ4n) is 5.53. The zero-order valence-corrected chi connectivity index (χ0v) is 27.8. The van der Waals surface area contributed by atoms with E-state index in [2.05, 4.69) is 76.2 Å². The highest BCUT2D eigenvalue weighted by atomic mass is 16.6. The molecule has 3 unspecified atom stereocenters. The Morgan fingerprint density at radius 2 is 0.894 bits per heavy atom. The minimum Gasteiger partial charge on any atom is -0.493 e. The van der Waals surface area contributed by atoms with Crippen molar-refractivity contribution in [3.63, 3.8) is 0 Å². The lowest BCUT2D eigenvalue weighted by molar-refractivity contribution is 0.0626. The smallest absolute Gasteiger partial charge is 0.122 e. The lowest BCUT2D eigenvalue weighted by Gasteiger charge is -2.26. The number of ether oxygens (including phenoxy) is 6. The first-order valence-corrected chi connectivity index (χ1v) is 16.5. The molecule has 0 spiro atoms. The summed E-state index contributed by atoms with van der Waals surface area (Å²) in [7, 11) is 0. The van der Waals surface area contributed by atoms with Crippen molar-refractivity contribution in [3.05, 3.63) is 119 Å². The van der Waals surface area contributed by atoms with Crippen LogP contribution in [-0.4, -0.2) is 63.1 Å². The third-order valence-corrected chi connectivity index (χ3v) is 9.14. The Balaban J connectivity index is 0.943. The van der Waals surface area contributed by atoms with Gasteiger partial charge in [-0.25, -0.2) is 0 Å². The van der Waals surface area contributed by atoms with E-state index >= 15 is 0 Å². The maximum absolute atomic E-state index is 10.6. The molecule has 0 radical (unpaired) electrons. The Hall–Kier alpha value is -4.04. The number of aliphatic hydroxyl groups is 1. The van der Waals surface area contributed by atoms with E-state index in [1.54, 1.807) is 0 Å². The fourth-order valence-corrected chi connectivity index (χ4v) is 5.53. The summed E-state index contributed by atoms with van der Waals surface area (Å²) < 4.78 is 33.9. The molecule has 1 N–H and O–H groups in total. The van der Waals surface area contributed by atoms with Gasteiger partial charge in [-0.15, -0.1) is 0 Å². The van der Waals surface area contributed by atoms with Gasteiger partial charge in [0.1, 0.15) is 55.0 Å². The molecular formula is C40H46O7. The van der Waals surface area contributed by atoms with Crippen LogP contribution in [0, 0.1) is 0 Å². The Labute approximate surface area is 278 Å². The van der Waals surface area contributed by atoms with Crippen LogP contribution in [0.5, 0.6) is 23.0 Å². The molecule has 4 aromatic carbocycles. The highest BCUT2D eigenvalue weighted by molar-refractivity contribution is 5.43. The van der Waals surface area contributed by atoms with Crippen molar-refractivity contribution < 1.29 is 33.5 Å². The molecule has 2 heterocycles. The zero-order valence-electron chi connectivity index (χ0n) is 27.8. The van der Waals surface area contributed by atoms with E-state index in [1.165, 1.54) is 22.3 Å². The minimum absolute atomic E-state index is 0.134. The van der Waals surface area contributed by atoms with Crippen molar-refractivity contribution in [2.24, 2.45) is 0 Å². The quantitative estimate of drug-likeness (QED) is 0.124. The maximum atomic E-state index is 10.6. The molecule has 2 saturated heterocycles. The Morgan fingerprint density at radius 1 is 0.553 bits per heavy atom. The van der Waals surface area contributed by atoms with Gasteiger partial charge in [-0.1, -0.05) is 76.2 Å². The Morgan fingerprint density at radius 3 is 1.26 bits per heavy atom. The molecular weight excluding hydrogens is 592 g/mol. The van der Waals surface area contributed by atoms with Crippen LogP contribution >= 0.6 is 0 Å². The van der Waals surface area contributed by atoms with Crippen LogP contribution in [0.1, 0.15) is 56.4 Å². The second-order valence-electron chi connectivity index (χ2n) is 13.5. The summed E-state index contributed by atoms with van der Waals surface area (Å²) in [4.78, 5) is 0. The molecule has 2 aliphatic heterocycles. The lowest BCUT2D eigenvalue weighted by Crippen LogP contribution is -2.25. The first-order valence-electron chi connectivity index (χ1n) is 16.5. The summed E-state index contributed by atoms with van der Waals surface area (Å²) in [6.45, 7) is 12.0. The van der Waals surface area contributed by atoms with Crippen LogP contribution in [0.2, 0.25) is 0 Å². The van der Waals surface area contributed by atoms with Crippen LogP contribution in [0.25, 0.3) is 0 Å². The topological polar surface area (TPSA) is 82.2 Å². The van der Waals surface area contributed by atoms with Crippen LogP contribution < -0.4 is 18.9 Å². The van der Waals surface area contributed by atoms with Crippen molar-refractivity contribution in [1.82, 2.24) is 0 Å². The van der Waals surface area contributed by atoms with Gasteiger partial charge in [-0.05, 0) is 70.8 Å². The van der Waals surface area contributed by atoms with Gasteiger partial charge >= 0.3 is 0 Å². The molecule has 7 nitrogen and oxygen atoms in total. The first-order chi connectivity index (χ1) is 22.7. The van der Waals surface area contributed by atoms with E-state index in [1.807, 2.05) is 48.5 Å². The number of hydrogen-bond acceptors (Lipinski definition) is 7. The maximum Gasteiger partial charge on any atom is 0.122 e. The third-order valence-electron chi connectivity index (χ3n) is 9.14. The monoisotopic (exact) mass is 638 g/mol. The van der Waals surface area contributed by atoms with Gasteiger partial charge in [-0.3, -0.25) is 0 Å². The van der Waals surface area contributed by atoms with Crippen molar-refractivity contribution in [3.8, 4) is 23.0 Å². The summed E-state index contributed by atoms with van der Waals surface area (Å²) in [6, 6.07) is 32.7. The first kappa shape index (κ1) is 32.9. The average Bonchev–Trinajstić information content (AvgIpc) is 4.03. The summed E-state index contributed by atoms with van der Waals surface area (Å²) in [5, 5.41) is 10.6. The van der Waals surface area contributed by atoms with E-state index in [9.17, 15) is 5.11 Å². The van der Waals surface area contributed by atoms with Gasteiger partial charge in [0.05, 0.1) is 25.9 Å². The van der Waals surface area contributed by atoms with Crippen LogP contribution in [0.15, 0.2) is 97.1 Å². The summed E-state index contributed by atoms with van der Waals surface area (Å²) in [5.41, 5.74) is 4.35. The molecule has 0 saturated carbocycles. The fraction of sp³-hybridized carbons (Fsp3) is 0.400. The van der Waals surface area contributed by atoms with E-state index in [0.29, 0.717) is 30.8 Å². The number of rotatable bonds is 17. The van der Waals surface area contributed by atoms with Gasteiger partial charge in [0.15, 0.2) is 0 Å². The molecule has 248 valence electrons. The van der Waals surface area contributed by atoms with Crippen molar-refractivity contribution in [1.29, 1.82) is 0 Å². The molecule has 3 atom stereocenters. The predicted octanol–water partition coefficient (Wildman–Crippen LogP) is 7.10. The van der Waals surface area contributed by atoms with Crippen LogP contribution in [-0.2, 0) is 20.3 Å². The molecule has 4 aromatic rings. The van der Waals surface area contributed by atoms with Crippen molar-refractivity contribution >= 4 is 0 Å². The summed E-state index contributed by atoms with van der Waals surface area (Å²) in [6.07, 6.45) is 0.782.